The fourth-order valence-electron chi connectivity index (χ4n) is 7.57. The molecule has 3 unspecified atom stereocenters. The van der Waals surface area contributed by atoms with E-state index in [1.807, 2.05) is 26.0 Å². The molecule has 3 aromatic carbocycles. The third-order valence-electron chi connectivity index (χ3n) is 9.69. The highest BCUT2D eigenvalue weighted by molar-refractivity contribution is 6.39. The highest BCUT2D eigenvalue weighted by atomic mass is 35.5. The Labute approximate surface area is 314 Å². The molecule has 2 aliphatic carbocycles. The number of amides is 2. The van der Waals surface area contributed by atoms with Gasteiger partial charge in [0.1, 0.15) is 19.3 Å². The largest absolute Gasteiger partial charge is 0.488 e. The summed E-state index contributed by atoms with van der Waals surface area (Å²) in [6.07, 6.45) is -0.0584. The average Bonchev–Trinajstić information content (AvgIpc) is 3.36. The molecule has 50 heavy (non-hydrogen) atoms. The zero-order chi connectivity index (χ0) is 36.9. The Kier molecular flexibility index (Phi) is 10.9. The predicted molar refractivity (Wildman–Crippen MR) is 201 cm³/mol. The summed E-state index contributed by atoms with van der Waals surface area (Å²) in [5.74, 6) is 0.513. The van der Waals surface area contributed by atoms with Crippen LogP contribution in [0.5, 0.6) is 11.5 Å². The van der Waals surface area contributed by atoms with Gasteiger partial charge in [-0.2, -0.15) is 0 Å². The number of aryl methyl sites for hydroxylation is 1. The molecule has 0 bridgehead atoms. The molecule has 0 heterocycles. The first-order chi connectivity index (χ1) is 23.3. The van der Waals surface area contributed by atoms with Crippen LogP contribution in [0.4, 0.5) is 16.2 Å². The van der Waals surface area contributed by atoms with Gasteiger partial charge in [-0.15, -0.1) is 0 Å². The smallest absolute Gasteiger partial charge is 0.412 e. The van der Waals surface area contributed by atoms with Crippen molar-refractivity contribution < 1.29 is 28.5 Å². The Morgan fingerprint density at radius 2 is 1.30 bits per heavy atom. The maximum Gasteiger partial charge on any atom is 0.412 e. The molecule has 5 rings (SSSR count). The van der Waals surface area contributed by atoms with Gasteiger partial charge in [0.25, 0.3) is 0 Å². The van der Waals surface area contributed by atoms with Gasteiger partial charge in [0.15, 0.2) is 11.5 Å². The summed E-state index contributed by atoms with van der Waals surface area (Å²) in [6, 6.07) is 9.08. The molecule has 12 heteroatoms. The second kappa shape index (κ2) is 14.3. The number of benzene rings is 3. The standard InChI is InChI=1S/C38H44Cl4N2O6/c1-19-10-11-23(12-28(19)43-22(4)45)44-35(46)50-21(3)16-49-34-27(40)14-25-30(32(34)42)38(18-37(25,7)8)17-36(5,6)24-13-26(39)33(31(41)29(24)38)48-15-20(2)47-9/h10-14,20-21H,15-18H2,1-9H3,(H,43,45)(H,44,46). The summed E-state index contributed by atoms with van der Waals surface area (Å²) in [7, 11) is 1.63. The number of hydrogen-bond acceptors (Lipinski definition) is 6. The summed E-state index contributed by atoms with van der Waals surface area (Å²) >= 11 is 28.3. The maximum absolute atomic E-state index is 12.8. The molecule has 0 saturated carbocycles. The lowest BCUT2D eigenvalue weighted by Gasteiger charge is -2.32. The molecule has 0 radical (unpaired) electrons. The van der Waals surface area contributed by atoms with E-state index in [1.165, 1.54) is 6.92 Å². The summed E-state index contributed by atoms with van der Waals surface area (Å²) < 4.78 is 23.4. The number of hydrogen-bond donors (Lipinski definition) is 2. The lowest BCUT2D eigenvalue weighted by molar-refractivity contribution is -0.114. The van der Waals surface area contributed by atoms with Gasteiger partial charge >= 0.3 is 6.09 Å². The second-order valence-corrected chi connectivity index (χ2v) is 16.3. The van der Waals surface area contributed by atoms with E-state index >= 15 is 0 Å². The third-order valence-corrected chi connectivity index (χ3v) is 11.0. The first-order valence-corrected chi connectivity index (χ1v) is 18.0. The number of anilines is 2. The van der Waals surface area contributed by atoms with Gasteiger partial charge in [0, 0.05) is 30.8 Å². The molecule has 270 valence electrons. The molecule has 1 spiro atoms. The lowest BCUT2D eigenvalue weighted by atomic mass is 9.72. The highest BCUT2D eigenvalue weighted by Crippen LogP contribution is 2.67. The van der Waals surface area contributed by atoms with Crippen LogP contribution in [0.2, 0.25) is 20.1 Å². The van der Waals surface area contributed by atoms with Crippen LogP contribution in [0, 0.1) is 6.92 Å². The Bertz CT molecular complexity index is 1840. The van der Waals surface area contributed by atoms with Gasteiger partial charge in [-0.05, 0) is 96.5 Å². The van der Waals surface area contributed by atoms with Crippen LogP contribution in [0.1, 0.15) is 89.1 Å². The number of nitrogens with one attached hydrogen (secondary N) is 2. The molecule has 0 fully saturated rings. The number of halogens is 4. The van der Waals surface area contributed by atoms with Crippen LogP contribution < -0.4 is 20.1 Å². The number of fused-ring (bicyclic) bond motifs is 4. The van der Waals surface area contributed by atoms with Gasteiger partial charge in [-0.1, -0.05) is 80.2 Å². The molecule has 0 aromatic heterocycles. The second-order valence-electron chi connectivity index (χ2n) is 14.8. The number of ether oxygens (including phenoxy) is 4. The van der Waals surface area contributed by atoms with Crippen molar-refractivity contribution in [1.82, 2.24) is 0 Å². The number of carbonyl (C=O) groups excluding carboxylic acids is 2. The van der Waals surface area contributed by atoms with E-state index in [9.17, 15) is 9.59 Å². The normalized spacial score (nSPS) is 19.4. The van der Waals surface area contributed by atoms with E-state index in [0.717, 1.165) is 40.7 Å². The van der Waals surface area contributed by atoms with E-state index in [2.05, 4.69) is 38.3 Å². The first-order valence-electron chi connectivity index (χ1n) is 16.5. The topological polar surface area (TPSA) is 95.1 Å². The zero-order valence-electron chi connectivity index (χ0n) is 29.8. The average molecular weight is 767 g/mol. The van der Waals surface area contributed by atoms with Crippen LogP contribution >= 0.6 is 46.4 Å². The van der Waals surface area contributed by atoms with E-state index in [1.54, 1.807) is 32.2 Å². The number of carbonyl (C=O) groups is 2. The van der Waals surface area contributed by atoms with Gasteiger partial charge in [-0.3, -0.25) is 10.1 Å². The van der Waals surface area contributed by atoms with Crippen LogP contribution in [0.3, 0.4) is 0 Å². The van der Waals surface area contributed by atoms with Crippen molar-refractivity contribution in [1.29, 1.82) is 0 Å². The van der Waals surface area contributed by atoms with Crippen LogP contribution in [-0.4, -0.2) is 44.5 Å². The molecule has 3 aromatic rings. The molecule has 0 saturated heterocycles. The minimum absolute atomic E-state index is 0.0127. The van der Waals surface area contributed by atoms with Crippen LogP contribution in [0.25, 0.3) is 0 Å². The molecule has 2 aliphatic rings. The monoisotopic (exact) mass is 764 g/mol. The Morgan fingerprint density at radius 1 is 0.800 bits per heavy atom. The highest BCUT2D eigenvalue weighted by Gasteiger charge is 2.59. The van der Waals surface area contributed by atoms with Gasteiger partial charge < -0.3 is 24.3 Å². The van der Waals surface area contributed by atoms with Crippen molar-refractivity contribution in [2.45, 2.75) is 96.7 Å². The summed E-state index contributed by atoms with van der Waals surface area (Å²) in [4.78, 5) is 24.3. The van der Waals surface area contributed by atoms with Gasteiger partial charge in [-0.25, -0.2) is 4.79 Å². The summed E-state index contributed by atoms with van der Waals surface area (Å²) in [5, 5.41) is 7.11. The quantitative estimate of drug-likeness (QED) is 0.213. The Morgan fingerprint density at radius 3 is 1.78 bits per heavy atom. The van der Waals surface area contributed by atoms with Crippen molar-refractivity contribution in [3.8, 4) is 11.5 Å². The molecular weight excluding hydrogens is 722 g/mol. The first kappa shape index (κ1) is 38.4. The van der Waals surface area contributed by atoms with Crippen molar-refractivity contribution in [3.05, 3.63) is 78.2 Å². The van der Waals surface area contributed by atoms with E-state index in [4.69, 9.17) is 65.4 Å². The van der Waals surface area contributed by atoms with E-state index < -0.39 is 17.6 Å². The fraction of sp³-hybridized carbons (Fsp3) is 0.474. The minimum atomic E-state index is -0.679. The Balaban J connectivity index is 1.44. The molecule has 2 amide bonds. The maximum atomic E-state index is 12.8. The zero-order valence-corrected chi connectivity index (χ0v) is 32.9. The SMILES string of the molecule is COC(C)COc1c(Cl)cc2c(c1Cl)C1(CC2(C)C)CC(C)(C)c2cc(Cl)c(OCC(C)OC(=O)Nc3ccc(C)c(NC(C)=O)c3)c(Cl)c21. The third kappa shape index (κ3) is 7.24. The molecular formula is C38H44Cl4N2O6. The Hall–Kier alpha value is -2.88. The van der Waals surface area contributed by atoms with E-state index in [0.29, 0.717) is 43.0 Å². The van der Waals surface area contributed by atoms with Crippen molar-refractivity contribution in [2.75, 3.05) is 31.0 Å². The van der Waals surface area contributed by atoms with Gasteiger partial charge in [0.2, 0.25) is 5.91 Å². The van der Waals surface area contributed by atoms with Crippen molar-refractivity contribution in [2.24, 2.45) is 0 Å². The van der Waals surface area contributed by atoms with E-state index in [-0.39, 0.29) is 36.1 Å². The van der Waals surface area contributed by atoms with Crippen LogP contribution in [-0.2, 0) is 30.5 Å². The van der Waals surface area contributed by atoms with Crippen molar-refractivity contribution >= 4 is 69.8 Å². The molecule has 0 aliphatic heterocycles. The molecule has 8 nitrogen and oxygen atoms in total. The summed E-state index contributed by atoms with van der Waals surface area (Å²) in [6.45, 7) is 15.9. The number of methoxy groups -OCH3 is 1. The fourth-order valence-corrected chi connectivity index (χ4v) is 9.06. The van der Waals surface area contributed by atoms with Gasteiger partial charge in [0.05, 0.1) is 26.2 Å². The molecule has 3 atom stereocenters. The van der Waals surface area contributed by atoms with Crippen LogP contribution in [0.15, 0.2) is 30.3 Å². The lowest BCUT2D eigenvalue weighted by Crippen LogP contribution is -2.28. The summed E-state index contributed by atoms with van der Waals surface area (Å²) in [5.41, 5.74) is 4.65. The minimum Gasteiger partial charge on any atom is -0.488 e. The molecule has 2 N–H and O–H groups in total. The predicted octanol–water partition coefficient (Wildman–Crippen LogP) is 10.6. The van der Waals surface area contributed by atoms with Crippen molar-refractivity contribution in [3.63, 3.8) is 0 Å². The number of rotatable bonds is 10.